The van der Waals surface area contributed by atoms with Gasteiger partial charge in [-0.3, -0.25) is 4.99 Å². The molecule has 25 heavy (non-hydrogen) atoms. The molecule has 2 aromatic rings. The minimum absolute atomic E-state index is 0.265. The number of rotatable bonds is 7. The summed E-state index contributed by atoms with van der Waals surface area (Å²) in [4.78, 5) is 4.33. The van der Waals surface area contributed by atoms with Gasteiger partial charge in [-0.2, -0.15) is 0 Å². The molecule has 0 fully saturated rings. The molecule has 0 aromatic heterocycles. The summed E-state index contributed by atoms with van der Waals surface area (Å²) in [6.07, 6.45) is -0.278. The lowest BCUT2D eigenvalue weighted by Crippen LogP contribution is -2.24. The van der Waals surface area contributed by atoms with E-state index in [-0.39, 0.29) is 12.1 Å². The van der Waals surface area contributed by atoms with E-state index in [1.54, 1.807) is 33.5 Å². The van der Waals surface area contributed by atoms with Crippen LogP contribution < -0.4 is 20.5 Å². The zero-order chi connectivity index (χ0) is 18.2. The van der Waals surface area contributed by atoms with E-state index >= 15 is 0 Å². The minimum Gasteiger partial charge on any atom is -0.493 e. The number of methoxy groups -OCH3 is 3. The summed E-state index contributed by atoms with van der Waals surface area (Å²) in [7, 11) is 4.77. The first-order valence-electron chi connectivity index (χ1n) is 7.65. The second-order valence-corrected chi connectivity index (χ2v) is 5.57. The highest BCUT2D eigenvalue weighted by atomic mass is 35.5. The topological polar surface area (TPSA) is 78.1 Å². The van der Waals surface area contributed by atoms with E-state index in [1.165, 1.54) is 0 Å². The van der Waals surface area contributed by atoms with Crippen molar-refractivity contribution in [3.8, 4) is 11.5 Å². The van der Waals surface area contributed by atoms with Crippen LogP contribution in [0.25, 0.3) is 0 Å². The molecule has 0 radical (unpaired) electrons. The number of hydrogen-bond acceptors (Lipinski definition) is 4. The maximum absolute atomic E-state index is 6.20. The average Bonchev–Trinajstić information content (AvgIpc) is 2.63. The second-order valence-electron chi connectivity index (χ2n) is 5.17. The van der Waals surface area contributed by atoms with Gasteiger partial charge in [-0.05, 0) is 18.2 Å². The standard InChI is InChI=1S/C18H22ClN3O3/c1-23-15-9-8-12(10-16(15)24-2)22-18(20)21-11-17(25-3)13-6-4-5-7-14(13)19/h4-10,17H,11H2,1-3H3,(H3,20,21,22). The minimum atomic E-state index is -0.278. The summed E-state index contributed by atoms with van der Waals surface area (Å²) in [5, 5.41) is 3.65. The number of hydrogen-bond donors (Lipinski definition) is 2. The van der Waals surface area contributed by atoms with Crippen LogP contribution in [0.15, 0.2) is 47.5 Å². The Morgan fingerprint density at radius 3 is 2.48 bits per heavy atom. The van der Waals surface area contributed by atoms with Gasteiger partial charge >= 0.3 is 0 Å². The molecule has 7 heteroatoms. The third kappa shape index (κ3) is 5.01. The zero-order valence-electron chi connectivity index (χ0n) is 14.5. The SMILES string of the molecule is COc1ccc(NC(N)=NCC(OC)c2ccccc2Cl)cc1OC. The molecule has 0 aliphatic rings. The van der Waals surface area contributed by atoms with Crippen molar-refractivity contribution in [1.29, 1.82) is 0 Å². The number of anilines is 1. The van der Waals surface area contributed by atoms with Gasteiger partial charge in [0.2, 0.25) is 0 Å². The van der Waals surface area contributed by atoms with E-state index in [2.05, 4.69) is 10.3 Å². The maximum atomic E-state index is 6.20. The van der Waals surface area contributed by atoms with Gasteiger partial charge < -0.3 is 25.3 Å². The number of nitrogens with one attached hydrogen (secondary N) is 1. The Hall–Kier alpha value is -2.44. The van der Waals surface area contributed by atoms with Gasteiger partial charge in [0.25, 0.3) is 0 Å². The highest BCUT2D eigenvalue weighted by Crippen LogP contribution is 2.29. The number of benzene rings is 2. The quantitative estimate of drug-likeness (QED) is 0.581. The zero-order valence-corrected chi connectivity index (χ0v) is 15.2. The monoisotopic (exact) mass is 363 g/mol. The van der Waals surface area contributed by atoms with Crippen molar-refractivity contribution in [1.82, 2.24) is 0 Å². The molecule has 6 nitrogen and oxygen atoms in total. The van der Waals surface area contributed by atoms with Gasteiger partial charge in [-0.15, -0.1) is 0 Å². The molecule has 3 N–H and O–H groups in total. The van der Waals surface area contributed by atoms with Crippen molar-refractivity contribution in [3.63, 3.8) is 0 Å². The third-order valence-electron chi connectivity index (χ3n) is 3.62. The third-order valence-corrected chi connectivity index (χ3v) is 3.96. The van der Waals surface area contributed by atoms with Crippen LogP contribution in [0.4, 0.5) is 5.69 Å². The molecule has 0 heterocycles. The number of aliphatic imine (C=N–C) groups is 1. The Kier molecular flexibility index (Phi) is 6.91. The van der Waals surface area contributed by atoms with Crippen LogP contribution in [0, 0.1) is 0 Å². The number of ether oxygens (including phenoxy) is 3. The van der Waals surface area contributed by atoms with Gasteiger partial charge in [-0.25, -0.2) is 0 Å². The molecule has 134 valence electrons. The van der Waals surface area contributed by atoms with E-state index in [0.29, 0.717) is 23.1 Å². The molecule has 0 saturated heterocycles. The molecule has 2 rings (SSSR count). The van der Waals surface area contributed by atoms with Crippen molar-refractivity contribution in [2.45, 2.75) is 6.10 Å². The van der Waals surface area contributed by atoms with Gasteiger partial charge in [0.15, 0.2) is 17.5 Å². The smallest absolute Gasteiger partial charge is 0.193 e. The fraction of sp³-hybridized carbons (Fsp3) is 0.278. The largest absolute Gasteiger partial charge is 0.493 e. The van der Waals surface area contributed by atoms with Crippen molar-refractivity contribution in [3.05, 3.63) is 53.1 Å². The van der Waals surface area contributed by atoms with Crippen LogP contribution in [0.2, 0.25) is 5.02 Å². The fourth-order valence-corrected chi connectivity index (χ4v) is 2.58. The fourth-order valence-electron chi connectivity index (χ4n) is 2.32. The molecule has 0 aliphatic carbocycles. The Bertz CT molecular complexity index is 737. The van der Waals surface area contributed by atoms with E-state index in [4.69, 9.17) is 31.5 Å². The van der Waals surface area contributed by atoms with Gasteiger partial charge in [0, 0.05) is 29.4 Å². The van der Waals surface area contributed by atoms with Crippen LogP contribution >= 0.6 is 11.6 Å². The summed E-state index contributed by atoms with van der Waals surface area (Å²) in [5.41, 5.74) is 7.58. The van der Waals surface area contributed by atoms with Crippen LogP contribution in [0.3, 0.4) is 0 Å². The highest BCUT2D eigenvalue weighted by Gasteiger charge is 2.13. The lowest BCUT2D eigenvalue weighted by molar-refractivity contribution is 0.111. The number of guanidine groups is 1. The molecule has 0 bridgehead atoms. The van der Waals surface area contributed by atoms with Gasteiger partial charge in [0.1, 0.15) is 6.10 Å². The van der Waals surface area contributed by atoms with Gasteiger partial charge in [-0.1, -0.05) is 29.8 Å². The summed E-state index contributed by atoms with van der Waals surface area (Å²) in [6.45, 7) is 0.340. The van der Waals surface area contributed by atoms with Crippen LogP contribution in [0.1, 0.15) is 11.7 Å². The Balaban J connectivity index is 2.07. The van der Waals surface area contributed by atoms with Crippen molar-refractivity contribution in [2.75, 3.05) is 33.2 Å². The average molecular weight is 364 g/mol. The Morgan fingerprint density at radius 2 is 1.84 bits per heavy atom. The summed E-state index contributed by atoms with van der Waals surface area (Å²) < 4.78 is 15.9. The van der Waals surface area contributed by atoms with Crippen molar-refractivity contribution in [2.24, 2.45) is 10.7 Å². The molecule has 2 aromatic carbocycles. The van der Waals surface area contributed by atoms with Crippen LogP contribution in [0.5, 0.6) is 11.5 Å². The molecular formula is C18H22ClN3O3. The molecule has 0 spiro atoms. The van der Waals surface area contributed by atoms with Gasteiger partial charge in [0.05, 0.1) is 20.8 Å². The molecule has 1 unspecified atom stereocenters. The summed E-state index contributed by atoms with van der Waals surface area (Å²) in [6, 6.07) is 12.9. The number of nitrogens with two attached hydrogens (primary N) is 1. The number of nitrogens with zero attached hydrogens (tertiary/aromatic N) is 1. The van der Waals surface area contributed by atoms with E-state index < -0.39 is 0 Å². The first-order chi connectivity index (χ1) is 12.1. The highest BCUT2D eigenvalue weighted by molar-refractivity contribution is 6.31. The Morgan fingerprint density at radius 1 is 1.12 bits per heavy atom. The van der Waals surface area contributed by atoms with Crippen molar-refractivity contribution < 1.29 is 14.2 Å². The number of halogens is 1. The van der Waals surface area contributed by atoms with Crippen LogP contribution in [-0.4, -0.2) is 33.8 Å². The van der Waals surface area contributed by atoms with E-state index in [1.807, 2.05) is 30.3 Å². The lowest BCUT2D eigenvalue weighted by Gasteiger charge is -2.15. The molecule has 0 saturated carbocycles. The van der Waals surface area contributed by atoms with E-state index in [0.717, 1.165) is 11.3 Å². The first-order valence-corrected chi connectivity index (χ1v) is 8.03. The predicted octanol–water partition coefficient (Wildman–Crippen LogP) is 3.47. The lowest BCUT2D eigenvalue weighted by atomic mass is 10.1. The molecule has 1 atom stereocenters. The second kappa shape index (κ2) is 9.15. The Labute approximate surface area is 152 Å². The molecular weight excluding hydrogens is 342 g/mol. The summed E-state index contributed by atoms with van der Waals surface area (Å²) in [5.74, 6) is 1.51. The van der Waals surface area contributed by atoms with E-state index in [9.17, 15) is 0 Å². The molecule has 0 aliphatic heterocycles. The first kappa shape index (κ1) is 18.9. The van der Waals surface area contributed by atoms with Crippen LogP contribution in [-0.2, 0) is 4.74 Å². The summed E-state index contributed by atoms with van der Waals surface area (Å²) >= 11 is 6.20. The van der Waals surface area contributed by atoms with Crippen molar-refractivity contribution >= 4 is 23.2 Å². The maximum Gasteiger partial charge on any atom is 0.193 e. The predicted molar refractivity (Wildman–Crippen MR) is 101 cm³/mol. The normalized spacial score (nSPS) is 12.6. The molecule has 0 amide bonds.